The Kier molecular flexibility index (Phi) is 3.47. The Labute approximate surface area is 130 Å². The molecule has 1 aromatic carbocycles. The molecule has 0 aliphatic carbocycles. The Balaban J connectivity index is 2.32. The van der Waals surface area contributed by atoms with Crippen molar-refractivity contribution in [3.05, 3.63) is 44.0 Å². The van der Waals surface area contributed by atoms with Gasteiger partial charge in [-0.1, -0.05) is 11.6 Å². The second-order valence-electron chi connectivity index (χ2n) is 4.72. The number of thiophene rings is 1. The molecule has 4 nitrogen and oxygen atoms in total. The Morgan fingerprint density at radius 3 is 2.81 bits per heavy atom. The molecule has 0 bridgehead atoms. The van der Waals surface area contributed by atoms with Crippen LogP contribution in [0, 0.1) is 13.8 Å². The molecule has 0 aliphatic rings. The summed E-state index contributed by atoms with van der Waals surface area (Å²) < 4.78 is 5.32. The van der Waals surface area contributed by atoms with Gasteiger partial charge in [0.05, 0.1) is 18.1 Å². The molecule has 0 unspecified atom stereocenters. The predicted octanol–water partition coefficient (Wildman–Crippen LogP) is 3.93. The minimum atomic E-state index is -0.140. The number of aromatic amines is 1. The third-order valence-corrected chi connectivity index (χ3v) is 4.79. The van der Waals surface area contributed by atoms with E-state index in [1.54, 1.807) is 25.3 Å². The number of nitrogens with one attached hydrogen (secondary N) is 1. The van der Waals surface area contributed by atoms with Gasteiger partial charge in [-0.2, -0.15) is 0 Å². The van der Waals surface area contributed by atoms with Gasteiger partial charge in [-0.25, -0.2) is 4.98 Å². The zero-order valence-corrected chi connectivity index (χ0v) is 13.4. The van der Waals surface area contributed by atoms with Crippen LogP contribution in [0.25, 0.3) is 21.6 Å². The van der Waals surface area contributed by atoms with Crippen LogP contribution in [0.2, 0.25) is 5.02 Å². The third kappa shape index (κ3) is 2.32. The number of benzene rings is 1. The van der Waals surface area contributed by atoms with E-state index >= 15 is 0 Å². The van der Waals surface area contributed by atoms with Crippen molar-refractivity contribution in [2.24, 2.45) is 0 Å². The summed E-state index contributed by atoms with van der Waals surface area (Å²) >= 11 is 7.55. The Morgan fingerprint density at radius 2 is 2.10 bits per heavy atom. The lowest BCUT2D eigenvalue weighted by atomic mass is 10.1. The molecule has 0 atom stereocenters. The quantitative estimate of drug-likeness (QED) is 0.778. The summed E-state index contributed by atoms with van der Waals surface area (Å²) in [6.45, 7) is 3.92. The summed E-state index contributed by atoms with van der Waals surface area (Å²) in [4.78, 5) is 21.5. The Morgan fingerprint density at radius 1 is 1.33 bits per heavy atom. The van der Waals surface area contributed by atoms with Crippen LogP contribution >= 0.6 is 22.9 Å². The van der Waals surface area contributed by atoms with E-state index in [0.29, 0.717) is 27.5 Å². The maximum absolute atomic E-state index is 12.3. The van der Waals surface area contributed by atoms with Gasteiger partial charge in [-0.15, -0.1) is 11.3 Å². The maximum Gasteiger partial charge on any atom is 0.260 e. The van der Waals surface area contributed by atoms with E-state index in [0.717, 1.165) is 15.3 Å². The molecule has 6 heteroatoms. The van der Waals surface area contributed by atoms with Gasteiger partial charge in [-0.3, -0.25) is 4.79 Å². The summed E-state index contributed by atoms with van der Waals surface area (Å²) in [5.74, 6) is 1.08. The molecule has 3 aromatic rings. The van der Waals surface area contributed by atoms with Crippen LogP contribution in [0.15, 0.2) is 23.0 Å². The molecule has 108 valence electrons. The van der Waals surface area contributed by atoms with Crippen molar-refractivity contribution < 1.29 is 4.74 Å². The fourth-order valence-corrected chi connectivity index (χ4v) is 3.45. The first-order valence-corrected chi connectivity index (χ1v) is 7.54. The molecule has 3 rings (SSSR count). The molecule has 0 radical (unpaired) electrons. The van der Waals surface area contributed by atoms with E-state index in [2.05, 4.69) is 9.97 Å². The first kappa shape index (κ1) is 14.1. The second-order valence-corrected chi connectivity index (χ2v) is 6.36. The fraction of sp³-hybridized carbons (Fsp3) is 0.200. The predicted molar refractivity (Wildman–Crippen MR) is 86.7 cm³/mol. The highest BCUT2D eigenvalue weighted by Gasteiger charge is 2.15. The largest absolute Gasteiger partial charge is 0.496 e. The smallest absolute Gasteiger partial charge is 0.260 e. The number of H-pyrrole nitrogens is 1. The molecule has 0 amide bonds. The molecule has 1 N–H and O–H groups in total. The van der Waals surface area contributed by atoms with Crippen molar-refractivity contribution in [2.75, 3.05) is 7.11 Å². The number of nitrogens with zero attached hydrogens (tertiary/aromatic N) is 1. The molecule has 2 heterocycles. The lowest BCUT2D eigenvalue weighted by molar-refractivity contribution is 0.416. The summed E-state index contributed by atoms with van der Waals surface area (Å²) in [7, 11) is 1.57. The highest BCUT2D eigenvalue weighted by molar-refractivity contribution is 7.18. The van der Waals surface area contributed by atoms with Crippen molar-refractivity contribution in [3.63, 3.8) is 0 Å². The summed E-state index contributed by atoms with van der Waals surface area (Å²) in [6.07, 6.45) is 0. The minimum absolute atomic E-state index is 0.140. The molecular formula is C15H13ClN2O2S. The normalized spacial score (nSPS) is 11.0. The van der Waals surface area contributed by atoms with Crippen LogP contribution in [-0.2, 0) is 0 Å². The third-order valence-electron chi connectivity index (χ3n) is 3.46. The first-order valence-electron chi connectivity index (χ1n) is 6.35. The zero-order chi connectivity index (χ0) is 15.1. The van der Waals surface area contributed by atoms with Crippen LogP contribution < -0.4 is 10.3 Å². The molecular weight excluding hydrogens is 308 g/mol. The summed E-state index contributed by atoms with van der Waals surface area (Å²) in [6, 6.07) is 5.23. The maximum atomic E-state index is 12.3. The lowest BCUT2D eigenvalue weighted by Gasteiger charge is -2.08. The molecule has 2 aromatic heterocycles. The van der Waals surface area contributed by atoms with E-state index in [4.69, 9.17) is 16.3 Å². The van der Waals surface area contributed by atoms with Gasteiger partial charge in [-0.05, 0) is 37.6 Å². The molecule has 0 fully saturated rings. The topological polar surface area (TPSA) is 55.0 Å². The highest BCUT2D eigenvalue weighted by Crippen LogP contribution is 2.32. The molecule has 0 saturated heterocycles. The number of aryl methyl sites for hydroxylation is 2. The standard InChI is InChI=1S/C15H13ClN2O2S/c1-7-8(2)21-15-12(7)14(19)17-13(18-15)10-6-9(16)4-5-11(10)20-3/h4-6H,1-3H3,(H,17,18,19). The van der Waals surface area contributed by atoms with Crippen molar-refractivity contribution in [3.8, 4) is 17.1 Å². The average Bonchev–Trinajstić information content (AvgIpc) is 2.74. The van der Waals surface area contributed by atoms with Gasteiger partial charge in [0.2, 0.25) is 0 Å². The number of hydrogen-bond donors (Lipinski definition) is 1. The Hall–Kier alpha value is -1.85. The molecule has 21 heavy (non-hydrogen) atoms. The number of fused-ring (bicyclic) bond motifs is 1. The van der Waals surface area contributed by atoms with Gasteiger partial charge in [0.15, 0.2) is 0 Å². The minimum Gasteiger partial charge on any atom is -0.496 e. The number of hydrogen-bond acceptors (Lipinski definition) is 4. The van der Waals surface area contributed by atoms with Crippen molar-refractivity contribution in [1.29, 1.82) is 0 Å². The van der Waals surface area contributed by atoms with Crippen molar-refractivity contribution in [1.82, 2.24) is 9.97 Å². The molecule has 0 saturated carbocycles. The SMILES string of the molecule is COc1ccc(Cl)cc1-c1nc2sc(C)c(C)c2c(=O)[nH]1. The van der Waals surface area contributed by atoms with Gasteiger partial charge in [0.1, 0.15) is 16.4 Å². The first-order chi connectivity index (χ1) is 10.0. The Bertz CT molecular complexity index is 899. The van der Waals surface area contributed by atoms with Gasteiger partial charge in [0, 0.05) is 9.90 Å². The van der Waals surface area contributed by atoms with Gasteiger partial charge in [0.25, 0.3) is 5.56 Å². The number of aromatic nitrogens is 2. The summed E-state index contributed by atoms with van der Waals surface area (Å²) in [5.41, 5.74) is 1.51. The van der Waals surface area contributed by atoms with E-state index in [1.807, 2.05) is 13.8 Å². The monoisotopic (exact) mass is 320 g/mol. The van der Waals surface area contributed by atoms with Crippen LogP contribution in [-0.4, -0.2) is 17.1 Å². The zero-order valence-electron chi connectivity index (χ0n) is 11.8. The van der Waals surface area contributed by atoms with Crippen LogP contribution in [0.5, 0.6) is 5.75 Å². The lowest BCUT2D eigenvalue weighted by Crippen LogP contribution is -2.09. The number of halogens is 1. The van der Waals surface area contributed by atoms with E-state index in [-0.39, 0.29) is 5.56 Å². The summed E-state index contributed by atoms with van der Waals surface area (Å²) in [5, 5.41) is 1.22. The van der Waals surface area contributed by atoms with Crippen LogP contribution in [0.3, 0.4) is 0 Å². The molecule has 0 spiro atoms. The van der Waals surface area contributed by atoms with E-state index in [9.17, 15) is 4.79 Å². The average molecular weight is 321 g/mol. The number of methoxy groups -OCH3 is 1. The van der Waals surface area contributed by atoms with E-state index < -0.39 is 0 Å². The van der Waals surface area contributed by atoms with Gasteiger partial charge >= 0.3 is 0 Å². The van der Waals surface area contributed by atoms with Crippen molar-refractivity contribution >= 4 is 33.2 Å². The molecule has 0 aliphatic heterocycles. The fourth-order valence-electron chi connectivity index (χ4n) is 2.25. The highest BCUT2D eigenvalue weighted by atomic mass is 35.5. The van der Waals surface area contributed by atoms with E-state index in [1.165, 1.54) is 11.3 Å². The van der Waals surface area contributed by atoms with Crippen LogP contribution in [0.1, 0.15) is 10.4 Å². The second kappa shape index (κ2) is 5.16. The van der Waals surface area contributed by atoms with Crippen molar-refractivity contribution in [2.45, 2.75) is 13.8 Å². The number of ether oxygens (including phenoxy) is 1. The van der Waals surface area contributed by atoms with Crippen LogP contribution in [0.4, 0.5) is 0 Å². The number of rotatable bonds is 2. The van der Waals surface area contributed by atoms with Gasteiger partial charge < -0.3 is 9.72 Å².